The molecule has 0 bridgehead atoms. The molecule has 4 aromatic rings. The maximum Gasteiger partial charge on any atom is 0.255 e. The molecule has 63 heavy (non-hydrogen) atoms. The summed E-state index contributed by atoms with van der Waals surface area (Å²) in [5, 5.41) is 12.6. The number of ether oxygens (including phenoxy) is 1. The number of likely N-dealkylation sites (tertiary alicyclic amines) is 1. The number of hydrogen-bond donors (Lipinski definition) is 2. The van der Waals surface area contributed by atoms with Crippen LogP contribution in [0.25, 0.3) is 0 Å². The number of nitrogens with zero attached hydrogens (tertiary/aromatic N) is 7. The van der Waals surface area contributed by atoms with E-state index in [0.717, 1.165) is 87.5 Å². The molecule has 326 valence electrons. The lowest BCUT2D eigenvalue weighted by atomic mass is 9.70. The van der Waals surface area contributed by atoms with Crippen molar-refractivity contribution in [2.75, 3.05) is 68.8 Å². The van der Waals surface area contributed by atoms with E-state index in [1.807, 2.05) is 29.4 Å². The molecule has 1 spiro atoms. The number of piperazine rings is 1. The first kappa shape index (κ1) is 39.8. The fraction of sp³-hybridized carbons (Fsp3) is 0.469. The molecular formula is C49H54N8O6. The summed E-state index contributed by atoms with van der Waals surface area (Å²) in [6.45, 7) is 6.72. The van der Waals surface area contributed by atoms with Crippen molar-refractivity contribution in [3.05, 3.63) is 106 Å². The zero-order valence-corrected chi connectivity index (χ0v) is 35.6. The first-order valence-corrected chi connectivity index (χ1v) is 22.8. The van der Waals surface area contributed by atoms with Crippen LogP contribution in [0.2, 0.25) is 0 Å². The van der Waals surface area contributed by atoms with Gasteiger partial charge in [-0.25, -0.2) is 9.97 Å². The second kappa shape index (κ2) is 16.0. The van der Waals surface area contributed by atoms with Gasteiger partial charge in [0.2, 0.25) is 23.7 Å². The summed E-state index contributed by atoms with van der Waals surface area (Å²) in [6.07, 6.45) is 10.9. The molecule has 6 aliphatic heterocycles. The van der Waals surface area contributed by atoms with E-state index in [9.17, 15) is 24.3 Å². The Kier molecular flexibility index (Phi) is 10.1. The summed E-state index contributed by atoms with van der Waals surface area (Å²) in [5.74, 6) is 1.41. The zero-order chi connectivity index (χ0) is 42.8. The van der Waals surface area contributed by atoms with Crippen molar-refractivity contribution < 1.29 is 29.0 Å². The van der Waals surface area contributed by atoms with Crippen molar-refractivity contribution in [1.82, 2.24) is 30.0 Å². The van der Waals surface area contributed by atoms with Crippen LogP contribution in [-0.4, -0.2) is 124 Å². The number of imide groups is 1. The number of hydrogen-bond acceptors (Lipinski definition) is 11. The summed E-state index contributed by atoms with van der Waals surface area (Å²) in [5.41, 5.74) is 7.47. The number of nitrogens with one attached hydrogen (secondary N) is 1. The highest BCUT2D eigenvalue weighted by atomic mass is 16.5. The maximum absolute atomic E-state index is 13.8. The minimum atomic E-state index is -0.662. The number of phenolic OH excluding ortho intramolecular Hbond substituents is 1. The molecule has 14 heteroatoms. The van der Waals surface area contributed by atoms with Gasteiger partial charge in [-0.1, -0.05) is 36.4 Å². The molecule has 2 N–H and O–H groups in total. The number of fused-ring (bicyclic) bond motifs is 5. The van der Waals surface area contributed by atoms with E-state index < -0.39 is 11.9 Å². The molecule has 3 aromatic carbocycles. The first-order valence-electron chi connectivity index (χ1n) is 22.8. The summed E-state index contributed by atoms with van der Waals surface area (Å²) >= 11 is 0. The van der Waals surface area contributed by atoms with Crippen LogP contribution in [0.15, 0.2) is 73.1 Å². The molecule has 7 aliphatic rings. The highest BCUT2D eigenvalue weighted by Gasteiger charge is 2.43. The molecular weight excluding hydrogens is 797 g/mol. The van der Waals surface area contributed by atoms with Gasteiger partial charge < -0.3 is 29.4 Å². The molecule has 4 atom stereocenters. The standard InChI is InChI=1S/C49H54N8O6/c58-36-7-9-38-32(22-36)6-8-37(31-4-2-1-3-5-31)45(38)34-25-50-48(51-26-34)54-18-14-49(15-19-54)12-16-53(17-13-49)29-44(60)55-20-21-56-35(28-55)30-63-42-24-39-33(23-41(42)56)27-57(47(39)62)40-10-11-43(59)52-46(40)61/h1-5,7,9,22-26,35,37,40,45,58H,6,8,10-21,27-30H2,(H,52,59,61)/t35-,37+,40?,45-/m0/s1. The van der Waals surface area contributed by atoms with Gasteiger partial charge in [-0.3, -0.25) is 29.4 Å². The van der Waals surface area contributed by atoms with Crippen LogP contribution >= 0.6 is 0 Å². The Labute approximate surface area is 367 Å². The van der Waals surface area contributed by atoms with Crippen LogP contribution in [0.1, 0.15) is 95.0 Å². The maximum atomic E-state index is 13.8. The summed E-state index contributed by atoms with van der Waals surface area (Å²) in [6, 6.07) is 19.7. The molecule has 4 fully saturated rings. The Hall–Kier alpha value is -6.02. The lowest BCUT2D eigenvalue weighted by Crippen LogP contribution is -2.59. The third-order valence-corrected chi connectivity index (χ3v) is 15.4. The Morgan fingerprint density at radius 3 is 2.38 bits per heavy atom. The van der Waals surface area contributed by atoms with Gasteiger partial charge in [0.1, 0.15) is 24.1 Å². The third-order valence-electron chi connectivity index (χ3n) is 15.4. The highest BCUT2D eigenvalue weighted by Crippen LogP contribution is 2.48. The molecule has 1 unspecified atom stereocenters. The Bertz CT molecular complexity index is 2450. The SMILES string of the molecule is O=C1CCC(N2Cc3cc4c(cc3C2=O)OC[C@@H]2CN(C(=O)CN3CCC5(CC3)CCN(c3ncc([C@@H]6c7ccc(O)cc7CC[C@@H]6c6ccccc6)cn3)CC5)CCN42)C(=O)N1. The predicted molar refractivity (Wildman–Crippen MR) is 235 cm³/mol. The number of piperidine rings is 3. The van der Waals surface area contributed by atoms with Gasteiger partial charge in [-0.15, -0.1) is 0 Å². The van der Waals surface area contributed by atoms with E-state index in [1.165, 1.54) is 16.7 Å². The second-order valence-electron chi connectivity index (χ2n) is 18.9. The molecule has 0 radical (unpaired) electrons. The molecule has 1 aliphatic carbocycles. The molecule has 4 amide bonds. The summed E-state index contributed by atoms with van der Waals surface area (Å²) < 4.78 is 6.22. The Morgan fingerprint density at radius 2 is 1.60 bits per heavy atom. The number of anilines is 2. The van der Waals surface area contributed by atoms with Gasteiger partial charge >= 0.3 is 0 Å². The van der Waals surface area contributed by atoms with Crippen molar-refractivity contribution >= 4 is 35.3 Å². The van der Waals surface area contributed by atoms with E-state index in [0.29, 0.717) is 68.7 Å². The highest BCUT2D eigenvalue weighted by molar-refractivity contribution is 6.06. The van der Waals surface area contributed by atoms with Gasteiger partial charge in [-0.2, -0.15) is 0 Å². The smallest absolute Gasteiger partial charge is 0.255 e. The van der Waals surface area contributed by atoms with Gasteiger partial charge in [0.25, 0.3) is 5.91 Å². The Morgan fingerprint density at radius 1 is 0.825 bits per heavy atom. The fourth-order valence-electron chi connectivity index (χ4n) is 11.7. The van der Waals surface area contributed by atoms with Crippen LogP contribution in [0.5, 0.6) is 11.5 Å². The van der Waals surface area contributed by atoms with Gasteiger partial charge in [-0.05, 0) is 121 Å². The molecule has 11 rings (SSSR count). The second-order valence-corrected chi connectivity index (χ2v) is 18.9. The van der Waals surface area contributed by atoms with Crippen molar-refractivity contribution in [2.24, 2.45) is 5.41 Å². The minimum absolute atomic E-state index is 0.0113. The number of carbonyl (C=O) groups excluding carboxylic acids is 4. The number of carbonyl (C=O) groups is 4. The van der Waals surface area contributed by atoms with Crippen LogP contribution in [0, 0.1) is 5.41 Å². The molecule has 7 heterocycles. The summed E-state index contributed by atoms with van der Waals surface area (Å²) in [4.78, 5) is 71.9. The fourth-order valence-corrected chi connectivity index (χ4v) is 11.7. The molecule has 1 aromatic heterocycles. The number of aromatic hydroxyl groups is 1. The number of benzene rings is 3. The van der Waals surface area contributed by atoms with Gasteiger partial charge in [0, 0.05) is 69.6 Å². The van der Waals surface area contributed by atoms with E-state index in [4.69, 9.17) is 14.7 Å². The topological polar surface area (TPSA) is 152 Å². The molecule has 0 saturated carbocycles. The quantitative estimate of drug-likeness (QED) is 0.262. The van der Waals surface area contributed by atoms with Crippen LogP contribution in [0.4, 0.5) is 11.6 Å². The molecule has 14 nitrogen and oxygen atoms in total. The minimum Gasteiger partial charge on any atom is -0.508 e. The number of phenols is 1. The number of aromatic nitrogens is 2. The van der Waals surface area contributed by atoms with Gasteiger partial charge in [0.05, 0.1) is 18.3 Å². The van der Waals surface area contributed by atoms with Crippen LogP contribution in [-0.2, 0) is 27.3 Å². The van der Waals surface area contributed by atoms with Crippen molar-refractivity contribution in [1.29, 1.82) is 0 Å². The normalized spacial score (nSPS) is 25.5. The average Bonchev–Trinajstić information content (AvgIpc) is 3.63. The lowest BCUT2D eigenvalue weighted by Gasteiger charge is -2.48. The van der Waals surface area contributed by atoms with Crippen molar-refractivity contribution in [3.8, 4) is 11.5 Å². The van der Waals surface area contributed by atoms with Gasteiger partial charge in [0.15, 0.2) is 0 Å². The Balaban J connectivity index is 0.672. The van der Waals surface area contributed by atoms with E-state index in [2.05, 4.69) is 56.4 Å². The number of rotatable bonds is 6. The third kappa shape index (κ3) is 7.35. The molecule has 4 saturated heterocycles. The number of aryl methyl sites for hydroxylation is 1. The van der Waals surface area contributed by atoms with E-state index in [-0.39, 0.29) is 41.5 Å². The van der Waals surface area contributed by atoms with Crippen LogP contribution in [0.3, 0.4) is 0 Å². The average molecular weight is 851 g/mol. The summed E-state index contributed by atoms with van der Waals surface area (Å²) in [7, 11) is 0. The van der Waals surface area contributed by atoms with Crippen molar-refractivity contribution in [3.63, 3.8) is 0 Å². The monoisotopic (exact) mass is 850 g/mol. The first-order chi connectivity index (χ1) is 30.7. The largest absolute Gasteiger partial charge is 0.508 e. The number of amides is 4. The lowest BCUT2D eigenvalue weighted by molar-refractivity contribution is -0.137. The predicted octanol–water partition coefficient (Wildman–Crippen LogP) is 4.60. The van der Waals surface area contributed by atoms with Crippen LogP contribution < -0.4 is 19.9 Å². The zero-order valence-electron chi connectivity index (χ0n) is 35.6. The van der Waals surface area contributed by atoms with Crippen molar-refractivity contribution in [2.45, 2.75) is 81.8 Å². The van der Waals surface area contributed by atoms with E-state index in [1.54, 1.807) is 17.0 Å². The van der Waals surface area contributed by atoms with E-state index >= 15 is 0 Å².